The normalized spacial score (nSPS) is 15.3. The molecule has 0 unspecified atom stereocenters. The first-order chi connectivity index (χ1) is 12.8. The minimum absolute atomic E-state index is 0.230. The van der Waals surface area contributed by atoms with E-state index < -0.39 is 11.7 Å². The second kappa shape index (κ2) is 9.60. The molecule has 2 amide bonds. The number of anilines is 1. The second-order valence-electron chi connectivity index (χ2n) is 7.60. The Kier molecular flexibility index (Phi) is 7.47. The van der Waals surface area contributed by atoms with Crippen molar-refractivity contribution in [1.82, 2.24) is 9.80 Å². The van der Waals surface area contributed by atoms with Gasteiger partial charge in [-0.3, -0.25) is 10.2 Å². The van der Waals surface area contributed by atoms with E-state index in [9.17, 15) is 9.59 Å². The number of carbonyl (C=O) groups excluding carboxylic acids is 2. The van der Waals surface area contributed by atoms with Crippen LogP contribution in [0.3, 0.4) is 0 Å². The van der Waals surface area contributed by atoms with Gasteiger partial charge in [-0.2, -0.15) is 0 Å². The first-order valence-electron chi connectivity index (χ1n) is 9.50. The van der Waals surface area contributed by atoms with Crippen molar-refractivity contribution in [2.75, 3.05) is 44.6 Å². The maximum atomic E-state index is 12.1. The molecule has 1 aromatic carbocycles. The van der Waals surface area contributed by atoms with Crippen molar-refractivity contribution < 1.29 is 19.1 Å². The third kappa shape index (κ3) is 7.46. The molecular formula is C20H31N3O4. The molecule has 1 aliphatic heterocycles. The van der Waals surface area contributed by atoms with Gasteiger partial charge in [0.05, 0.1) is 6.61 Å². The van der Waals surface area contributed by atoms with E-state index in [0.29, 0.717) is 19.7 Å². The van der Waals surface area contributed by atoms with Crippen molar-refractivity contribution in [3.63, 3.8) is 0 Å². The van der Waals surface area contributed by atoms with Crippen LogP contribution < -0.4 is 5.32 Å². The summed E-state index contributed by atoms with van der Waals surface area (Å²) in [6, 6.07) is 7.79. The molecule has 0 atom stereocenters. The average molecular weight is 377 g/mol. The van der Waals surface area contributed by atoms with E-state index >= 15 is 0 Å². The Balaban J connectivity index is 1.72. The SMILES string of the molecule is CCOC(=O)Nc1ccc(CCN2CCN(C(=O)OC(C)(C)C)CC2)cc1. The maximum Gasteiger partial charge on any atom is 0.411 e. The number of carbonyl (C=O) groups is 2. The molecule has 0 aromatic heterocycles. The smallest absolute Gasteiger partial charge is 0.411 e. The van der Waals surface area contributed by atoms with E-state index in [0.717, 1.165) is 31.7 Å². The molecule has 27 heavy (non-hydrogen) atoms. The van der Waals surface area contributed by atoms with Crippen LogP contribution in [0.4, 0.5) is 15.3 Å². The van der Waals surface area contributed by atoms with Crippen LogP contribution in [0, 0.1) is 0 Å². The van der Waals surface area contributed by atoms with Gasteiger partial charge in [0.1, 0.15) is 5.60 Å². The zero-order valence-corrected chi connectivity index (χ0v) is 16.8. The van der Waals surface area contributed by atoms with Gasteiger partial charge >= 0.3 is 12.2 Å². The van der Waals surface area contributed by atoms with E-state index in [-0.39, 0.29) is 6.09 Å². The summed E-state index contributed by atoms with van der Waals surface area (Å²) in [5.74, 6) is 0. The number of nitrogens with zero attached hydrogens (tertiary/aromatic N) is 2. The Labute approximate surface area is 161 Å². The topological polar surface area (TPSA) is 71.1 Å². The summed E-state index contributed by atoms with van der Waals surface area (Å²) in [5.41, 5.74) is 1.48. The van der Waals surface area contributed by atoms with E-state index in [1.807, 2.05) is 45.0 Å². The number of piperazine rings is 1. The van der Waals surface area contributed by atoms with Crippen LogP contribution in [0.1, 0.15) is 33.3 Å². The third-order valence-electron chi connectivity index (χ3n) is 4.22. The summed E-state index contributed by atoms with van der Waals surface area (Å²) in [5, 5.41) is 2.69. The van der Waals surface area contributed by atoms with Crippen molar-refractivity contribution >= 4 is 17.9 Å². The fourth-order valence-electron chi connectivity index (χ4n) is 2.81. The number of amides is 2. The minimum atomic E-state index is -0.456. The van der Waals surface area contributed by atoms with Crippen LogP contribution in [-0.2, 0) is 15.9 Å². The molecule has 0 saturated carbocycles. The lowest BCUT2D eigenvalue weighted by molar-refractivity contribution is 0.0146. The maximum absolute atomic E-state index is 12.1. The van der Waals surface area contributed by atoms with Crippen LogP contribution in [0.5, 0.6) is 0 Å². The standard InChI is InChI=1S/C20H31N3O4/c1-5-26-18(24)21-17-8-6-16(7-9-17)10-11-22-12-14-23(15-13-22)19(25)27-20(2,3)4/h6-9H,5,10-15H2,1-4H3,(H,21,24). The molecule has 7 heteroatoms. The third-order valence-corrected chi connectivity index (χ3v) is 4.22. The molecule has 2 rings (SSSR count). The van der Waals surface area contributed by atoms with E-state index in [4.69, 9.17) is 9.47 Å². The quantitative estimate of drug-likeness (QED) is 0.852. The number of ether oxygens (including phenoxy) is 2. The Morgan fingerprint density at radius 3 is 2.26 bits per heavy atom. The molecular weight excluding hydrogens is 346 g/mol. The largest absolute Gasteiger partial charge is 0.450 e. The molecule has 1 fully saturated rings. The first-order valence-corrected chi connectivity index (χ1v) is 9.50. The molecule has 1 N–H and O–H groups in total. The molecule has 7 nitrogen and oxygen atoms in total. The Bertz CT molecular complexity index is 617. The van der Waals surface area contributed by atoms with E-state index in [1.165, 1.54) is 5.56 Å². The Hall–Kier alpha value is -2.28. The van der Waals surface area contributed by atoms with Gasteiger partial charge < -0.3 is 14.4 Å². The molecule has 150 valence electrons. The van der Waals surface area contributed by atoms with Gasteiger partial charge in [0.25, 0.3) is 0 Å². The second-order valence-corrected chi connectivity index (χ2v) is 7.60. The van der Waals surface area contributed by atoms with Gasteiger partial charge in [-0.1, -0.05) is 12.1 Å². The average Bonchev–Trinajstić information content (AvgIpc) is 2.60. The van der Waals surface area contributed by atoms with Crippen LogP contribution >= 0.6 is 0 Å². The first kappa shape index (κ1) is 21.0. The Morgan fingerprint density at radius 2 is 1.70 bits per heavy atom. The number of hydrogen-bond acceptors (Lipinski definition) is 5. The molecule has 0 aliphatic carbocycles. The number of rotatable bonds is 5. The molecule has 0 radical (unpaired) electrons. The Morgan fingerprint density at radius 1 is 1.07 bits per heavy atom. The van der Waals surface area contributed by atoms with Crippen molar-refractivity contribution in [2.45, 2.75) is 39.7 Å². The van der Waals surface area contributed by atoms with Gasteiger partial charge in [-0.25, -0.2) is 9.59 Å². The predicted molar refractivity (Wildman–Crippen MR) is 105 cm³/mol. The lowest BCUT2D eigenvalue weighted by atomic mass is 10.1. The minimum Gasteiger partial charge on any atom is -0.450 e. The van der Waals surface area contributed by atoms with Crippen molar-refractivity contribution in [3.05, 3.63) is 29.8 Å². The highest BCUT2D eigenvalue weighted by Crippen LogP contribution is 2.14. The van der Waals surface area contributed by atoms with Crippen molar-refractivity contribution in [2.24, 2.45) is 0 Å². The van der Waals surface area contributed by atoms with Gasteiger partial charge in [0.2, 0.25) is 0 Å². The van der Waals surface area contributed by atoms with Crippen molar-refractivity contribution in [1.29, 1.82) is 0 Å². The molecule has 0 spiro atoms. The summed E-state index contributed by atoms with van der Waals surface area (Å²) in [6.07, 6.45) is 0.256. The lowest BCUT2D eigenvalue weighted by Gasteiger charge is -2.35. The summed E-state index contributed by atoms with van der Waals surface area (Å²) in [4.78, 5) is 27.6. The number of hydrogen-bond donors (Lipinski definition) is 1. The number of benzene rings is 1. The van der Waals surface area contributed by atoms with Gasteiger partial charge in [-0.05, 0) is 51.8 Å². The van der Waals surface area contributed by atoms with Crippen LogP contribution in [-0.4, -0.2) is 66.9 Å². The molecule has 1 aromatic rings. The summed E-state index contributed by atoms with van der Waals surface area (Å²) in [6.45, 7) is 11.8. The summed E-state index contributed by atoms with van der Waals surface area (Å²) in [7, 11) is 0. The molecule has 1 saturated heterocycles. The van der Waals surface area contributed by atoms with Gasteiger partial charge in [0.15, 0.2) is 0 Å². The highest BCUT2D eigenvalue weighted by atomic mass is 16.6. The summed E-state index contributed by atoms with van der Waals surface area (Å²) >= 11 is 0. The number of nitrogens with one attached hydrogen (secondary N) is 1. The molecule has 0 bridgehead atoms. The zero-order valence-electron chi connectivity index (χ0n) is 16.8. The van der Waals surface area contributed by atoms with E-state index in [2.05, 4.69) is 10.2 Å². The fourth-order valence-corrected chi connectivity index (χ4v) is 2.81. The zero-order chi connectivity index (χ0) is 19.9. The molecule has 1 heterocycles. The van der Waals surface area contributed by atoms with E-state index in [1.54, 1.807) is 11.8 Å². The highest BCUT2D eigenvalue weighted by Gasteiger charge is 2.25. The van der Waals surface area contributed by atoms with Crippen molar-refractivity contribution in [3.8, 4) is 0 Å². The van der Waals surface area contributed by atoms with Crippen LogP contribution in [0.25, 0.3) is 0 Å². The van der Waals surface area contributed by atoms with Crippen LogP contribution in [0.15, 0.2) is 24.3 Å². The monoisotopic (exact) mass is 377 g/mol. The highest BCUT2D eigenvalue weighted by molar-refractivity contribution is 5.84. The van der Waals surface area contributed by atoms with Gasteiger partial charge in [-0.15, -0.1) is 0 Å². The summed E-state index contributed by atoms with van der Waals surface area (Å²) < 4.78 is 10.3. The van der Waals surface area contributed by atoms with Gasteiger partial charge in [0, 0.05) is 38.4 Å². The molecule has 1 aliphatic rings. The van der Waals surface area contributed by atoms with Crippen LogP contribution in [0.2, 0.25) is 0 Å². The predicted octanol–water partition coefficient (Wildman–Crippen LogP) is 3.35. The lowest BCUT2D eigenvalue weighted by Crippen LogP contribution is -2.50. The fraction of sp³-hybridized carbons (Fsp3) is 0.600.